The molecule has 2 heterocycles. The van der Waals surface area contributed by atoms with Crippen molar-refractivity contribution < 1.29 is 13.2 Å². The molecule has 1 fully saturated rings. The van der Waals surface area contributed by atoms with Crippen molar-refractivity contribution in [1.29, 1.82) is 0 Å². The Kier molecular flexibility index (Phi) is 6.85. The van der Waals surface area contributed by atoms with Crippen molar-refractivity contribution in [3.63, 3.8) is 0 Å². The van der Waals surface area contributed by atoms with E-state index in [2.05, 4.69) is 10.2 Å². The van der Waals surface area contributed by atoms with Crippen LogP contribution in [0.15, 0.2) is 76.6 Å². The number of carbonyl (C=O) groups is 1. The van der Waals surface area contributed by atoms with Crippen LogP contribution >= 0.6 is 0 Å². The fourth-order valence-electron chi connectivity index (χ4n) is 3.98. The molecule has 8 nitrogen and oxygen atoms in total. The zero-order chi connectivity index (χ0) is 24.3. The summed E-state index contributed by atoms with van der Waals surface area (Å²) in [5.41, 5.74) is 2.48. The summed E-state index contributed by atoms with van der Waals surface area (Å²) < 4.78 is 28.1. The quantitative estimate of drug-likeness (QED) is 0.561. The number of anilines is 2. The molecule has 2 aromatic carbocycles. The van der Waals surface area contributed by atoms with E-state index in [0.29, 0.717) is 17.8 Å². The van der Waals surface area contributed by atoms with Crippen LogP contribution in [0.4, 0.5) is 11.4 Å². The van der Waals surface area contributed by atoms with Crippen molar-refractivity contribution in [2.24, 2.45) is 0 Å². The van der Waals surface area contributed by atoms with Gasteiger partial charge in [0.2, 0.25) is 10.0 Å². The molecule has 0 atom stereocenters. The van der Waals surface area contributed by atoms with Crippen LogP contribution < -0.4 is 15.8 Å². The Labute approximate surface area is 199 Å². The van der Waals surface area contributed by atoms with Crippen molar-refractivity contribution >= 4 is 27.3 Å². The second kappa shape index (κ2) is 9.82. The summed E-state index contributed by atoms with van der Waals surface area (Å²) in [6, 6.07) is 17.0. The lowest BCUT2D eigenvalue weighted by atomic mass is 10.1. The van der Waals surface area contributed by atoms with Crippen molar-refractivity contribution in [3.8, 4) is 0 Å². The van der Waals surface area contributed by atoms with Gasteiger partial charge in [-0.25, -0.2) is 12.7 Å². The third kappa shape index (κ3) is 5.05. The van der Waals surface area contributed by atoms with E-state index in [-0.39, 0.29) is 16.4 Å². The third-order valence-corrected chi connectivity index (χ3v) is 7.71. The lowest BCUT2D eigenvalue weighted by Crippen LogP contribution is -2.25. The molecule has 0 radical (unpaired) electrons. The van der Waals surface area contributed by atoms with Gasteiger partial charge in [-0.2, -0.15) is 0 Å². The molecule has 1 saturated heterocycles. The van der Waals surface area contributed by atoms with E-state index in [1.165, 1.54) is 26.2 Å². The number of nitrogens with zero attached hydrogens (tertiary/aromatic N) is 3. The van der Waals surface area contributed by atoms with Gasteiger partial charge >= 0.3 is 0 Å². The fourth-order valence-corrected chi connectivity index (χ4v) is 4.91. The van der Waals surface area contributed by atoms with Crippen molar-refractivity contribution in [3.05, 3.63) is 88.3 Å². The number of pyridine rings is 1. The number of benzene rings is 2. The zero-order valence-corrected chi connectivity index (χ0v) is 20.1. The summed E-state index contributed by atoms with van der Waals surface area (Å²) in [6.07, 6.45) is 3.79. The first-order valence-electron chi connectivity index (χ1n) is 11.1. The summed E-state index contributed by atoms with van der Waals surface area (Å²) in [4.78, 5) is 27.4. The Morgan fingerprint density at radius 3 is 2.35 bits per heavy atom. The van der Waals surface area contributed by atoms with Crippen LogP contribution in [0.3, 0.4) is 0 Å². The predicted octanol–water partition coefficient (Wildman–Crippen LogP) is 3.00. The highest BCUT2D eigenvalue weighted by molar-refractivity contribution is 7.89. The van der Waals surface area contributed by atoms with E-state index in [9.17, 15) is 18.0 Å². The van der Waals surface area contributed by atoms with E-state index in [1.807, 2.05) is 12.1 Å². The minimum atomic E-state index is -3.68. The van der Waals surface area contributed by atoms with Gasteiger partial charge in [-0.15, -0.1) is 0 Å². The van der Waals surface area contributed by atoms with Gasteiger partial charge in [0.1, 0.15) is 0 Å². The topological polar surface area (TPSA) is 91.7 Å². The van der Waals surface area contributed by atoms with Crippen LogP contribution in [0, 0.1) is 0 Å². The Morgan fingerprint density at radius 1 is 1.00 bits per heavy atom. The summed E-state index contributed by atoms with van der Waals surface area (Å²) in [7, 11) is -0.744. The number of nitrogens with one attached hydrogen (secondary N) is 1. The third-order valence-electron chi connectivity index (χ3n) is 5.90. The standard InChI is InChI=1S/C25H28N4O4S/c1-27(2)34(32,33)21-12-13-23(28-14-5-6-15-28)22(17-21)25(31)26-20-10-8-19(9-11-20)18-29-16-4-3-7-24(29)30/h3-4,7-13,16-17H,5-6,14-15,18H2,1-2H3,(H,26,31). The molecular formula is C25H28N4O4S. The monoisotopic (exact) mass is 480 g/mol. The molecule has 3 aromatic rings. The molecule has 1 aliphatic rings. The largest absolute Gasteiger partial charge is 0.371 e. The second-order valence-corrected chi connectivity index (χ2v) is 10.6. The van der Waals surface area contributed by atoms with Gasteiger partial charge in [0.15, 0.2) is 0 Å². The normalized spacial score (nSPS) is 13.9. The number of rotatable bonds is 7. The van der Waals surface area contributed by atoms with Crippen molar-refractivity contribution in [2.75, 3.05) is 37.4 Å². The Morgan fingerprint density at radius 2 is 1.71 bits per heavy atom. The number of sulfonamides is 1. The number of hydrogen-bond acceptors (Lipinski definition) is 5. The predicted molar refractivity (Wildman–Crippen MR) is 133 cm³/mol. The fraction of sp³-hybridized carbons (Fsp3) is 0.280. The molecule has 178 valence electrons. The molecule has 9 heteroatoms. The second-order valence-electron chi connectivity index (χ2n) is 8.48. The first-order valence-corrected chi connectivity index (χ1v) is 12.6. The van der Waals surface area contributed by atoms with Crippen molar-refractivity contribution in [2.45, 2.75) is 24.3 Å². The maximum absolute atomic E-state index is 13.3. The number of aromatic nitrogens is 1. The molecule has 1 N–H and O–H groups in total. The minimum absolute atomic E-state index is 0.0780. The highest BCUT2D eigenvalue weighted by Gasteiger charge is 2.24. The average molecular weight is 481 g/mol. The SMILES string of the molecule is CN(C)S(=O)(=O)c1ccc(N2CCCC2)c(C(=O)Nc2ccc(Cn3ccccc3=O)cc2)c1. The summed E-state index contributed by atoms with van der Waals surface area (Å²) in [5.74, 6) is -0.371. The lowest BCUT2D eigenvalue weighted by Gasteiger charge is -2.22. The maximum atomic E-state index is 13.3. The molecule has 1 amide bonds. The first-order chi connectivity index (χ1) is 16.3. The van der Waals surface area contributed by atoms with Crippen LogP contribution in [0.2, 0.25) is 0 Å². The van der Waals surface area contributed by atoms with Gasteiger partial charge in [0.25, 0.3) is 11.5 Å². The number of hydrogen-bond donors (Lipinski definition) is 1. The van der Waals surface area contributed by atoms with Crippen LogP contribution in [-0.4, -0.2) is 50.4 Å². The van der Waals surface area contributed by atoms with Crippen LogP contribution in [0.25, 0.3) is 0 Å². The van der Waals surface area contributed by atoms with E-state index in [1.54, 1.807) is 47.2 Å². The van der Waals surface area contributed by atoms with E-state index in [4.69, 9.17) is 0 Å². The highest BCUT2D eigenvalue weighted by atomic mass is 32.2. The van der Waals surface area contributed by atoms with Crippen LogP contribution in [0.5, 0.6) is 0 Å². The van der Waals surface area contributed by atoms with Gasteiger partial charge < -0.3 is 14.8 Å². The summed E-state index contributed by atoms with van der Waals surface area (Å²) in [6.45, 7) is 2.08. The van der Waals surface area contributed by atoms with Gasteiger partial charge in [-0.3, -0.25) is 9.59 Å². The molecule has 0 spiro atoms. The maximum Gasteiger partial charge on any atom is 0.257 e. The summed E-state index contributed by atoms with van der Waals surface area (Å²) >= 11 is 0. The first kappa shape index (κ1) is 23.7. The van der Waals surface area contributed by atoms with Gasteiger partial charge in [0, 0.05) is 50.8 Å². The van der Waals surface area contributed by atoms with Gasteiger partial charge in [-0.05, 0) is 54.8 Å². The molecule has 0 saturated carbocycles. The number of amides is 1. The van der Waals surface area contributed by atoms with E-state index < -0.39 is 10.0 Å². The molecule has 1 aromatic heterocycles. The van der Waals surface area contributed by atoms with E-state index >= 15 is 0 Å². The lowest BCUT2D eigenvalue weighted by molar-refractivity contribution is 0.102. The Balaban J connectivity index is 1.59. The van der Waals surface area contributed by atoms with Crippen LogP contribution in [-0.2, 0) is 16.6 Å². The molecule has 0 aliphatic carbocycles. The van der Waals surface area contributed by atoms with Gasteiger partial charge in [0.05, 0.1) is 17.0 Å². The highest BCUT2D eigenvalue weighted by Crippen LogP contribution is 2.29. The van der Waals surface area contributed by atoms with E-state index in [0.717, 1.165) is 41.5 Å². The molecule has 1 aliphatic heterocycles. The summed E-state index contributed by atoms with van der Waals surface area (Å²) in [5, 5.41) is 2.89. The van der Waals surface area contributed by atoms with Gasteiger partial charge in [-0.1, -0.05) is 18.2 Å². The minimum Gasteiger partial charge on any atom is -0.371 e. The smallest absolute Gasteiger partial charge is 0.257 e. The molecule has 4 rings (SSSR count). The number of carbonyl (C=O) groups excluding carboxylic acids is 1. The van der Waals surface area contributed by atoms with Crippen molar-refractivity contribution in [1.82, 2.24) is 8.87 Å². The molecule has 0 unspecified atom stereocenters. The van der Waals surface area contributed by atoms with Crippen LogP contribution in [0.1, 0.15) is 28.8 Å². The molecule has 0 bridgehead atoms. The zero-order valence-electron chi connectivity index (χ0n) is 19.3. The Bertz CT molecular complexity index is 1340. The average Bonchev–Trinajstić information content (AvgIpc) is 3.36. The molecular weight excluding hydrogens is 452 g/mol. The Hall–Kier alpha value is -3.43. The molecule has 34 heavy (non-hydrogen) atoms.